The minimum Gasteiger partial charge on any atom is -0.483 e. The van der Waals surface area contributed by atoms with Gasteiger partial charge in [0, 0.05) is 38.2 Å². The molecule has 0 bridgehead atoms. The third kappa shape index (κ3) is 4.93. The second kappa shape index (κ2) is 10.2. The van der Waals surface area contributed by atoms with Crippen LogP contribution < -0.4 is 5.32 Å². The number of nitrogens with one attached hydrogen (secondary N) is 2. The quantitative estimate of drug-likeness (QED) is 0.569. The van der Waals surface area contributed by atoms with E-state index in [1.807, 2.05) is 24.2 Å². The van der Waals surface area contributed by atoms with Gasteiger partial charge >= 0.3 is 0 Å². The Kier molecular flexibility index (Phi) is 7.40. The fraction of sp³-hybridized carbons (Fsp3) is 0.550. The van der Waals surface area contributed by atoms with Crippen molar-refractivity contribution in [2.24, 2.45) is 5.41 Å². The molecule has 4 rings (SSSR count). The van der Waals surface area contributed by atoms with Gasteiger partial charge in [0.05, 0.1) is 18.0 Å². The maximum absolute atomic E-state index is 13.3. The van der Waals surface area contributed by atoms with Gasteiger partial charge in [0.2, 0.25) is 5.91 Å². The average molecular weight is 431 g/mol. The van der Waals surface area contributed by atoms with Crippen molar-refractivity contribution >= 4 is 18.3 Å². The molecule has 2 fully saturated rings. The maximum atomic E-state index is 13.3. The summed E-state index contributed by atoms with van der Waals surface area (Å²) in [5, 5.41) is 20.8. The second-order valence-electron chi connectivity index (χ2n) is 7.89. The molecule has 2 aliphatic heterocycles. The molecule has 31 heavy (non-hydrogen) atoms. The van der Waals surface area contributed by atoms with E-state index in [0.29, 0.717) is 31.9 Å². The molecule has 0 saturated carbocycles. The lowest BCUT2D eigenvalue weighted by molar-refractivity contribution is -0.142. The van der Waals surface area contributed by atoms with Crippen molar-refractivity contribution in [2.45, 2.75) is 31.8 Å². The van der Waals surface area contributed by atoms with Crippen LogP contribution in [0.4, 0.5) is 0 Å². The fourth-order valence-electron chi connectivity index (χ4n) is 4.57. The zero-order valence-corrected chi connectivity index (χ0v) is 17.6. The van der Waals surface area contributed by atoms with E-state index in [1.165, 1.54) is 0 Å². The van der Waals surface area contributed by atoms with E-state index >= 15 is 0 Å². The van der Waals surface area contributed by atoms with Gasteiger partial charge in [-0.2, -0.15) is 10.2 Å². The molecule has 2 atom stereocenters. The molecule has 0 unspecified atom stereocenters. The Labute approximate surface area is 180 Å². The topological polar surface area (TPSA) is 136 Å². The van der Waals surface area contributed by atoms with Gasteiger partial charge in [-0.1, -0.05) is 0 Å². The molecule has 11 heteroatoms. The van der Waals surface area contributed by atoms with Gasteiger partial charge in [0.25, 0.3) is 12.4 Å². The summed E-state index contributed by atoms with van der Waals surface area (Å²) < 4.78 is 1.80. The number of H-pyrrole nitrogens is 1. The number of nitrogens with zero attached hydrogens (tertiary/aromatic N) is 5. The van der Waals surface area contributed by atoms with E-state index in [9.17, 15) is 9.59 Å². The molecule has 0 spiro atoms. The predicted molar refractivity (Wildman–Crippen MR) is 111 cm³/mol. The lowest BCUT2D eigenvalue weighted by atomic mass is 9.67. The van der Waals surface area contributed by atoms with Gasteiger partial charge in [-0.3, -0.25) is 24.2 Å². The number of rotatable bonds is 5. The molecule has 3 N–H and O–H groups in total. The first kappa shape index (κ1) is 22.5. The van der Waals surface area contributed by atoms with Crippen LogP contribution in [-0.4, -0.2) is 92.4 Å². The minimum absolute atomic E-state index is 0.0554. The van der Waals surface area contributed by atoms with E-state index in [2.05, 4.69) is 25.5 Å². The van der Waals surface area contributed by atoms with Crippen molar-refractivity contribution in [1.82, 2.24) is 35.1 Å². The Hall–Kier alpha value is -3.21. The zero-order chi connectivity index (χ0) is 22.3. The van der Waals surface area contributed by atoms with Crippen LogP contribution in [0.2, 0.25) is 0 Å². The summed E-state index contributed by atoms with van der Waals surface area (Å²) in [5.41, 5.74) is -0.0620. The molecule has 2 aromatic heterocycles. The molecule has 168 valence electrons. The summed E-state index contributed by atoms with van der Waals surface area (Å²) in [6, 6.07) is 3.42. The molecular weight excluding hydrogens is 402 g/mol. The molecule has 11 nitrogen and oxygen atoms in total. The van der Waals surface area contributed by atoms with Crippen molar-refractivity contribution in [3.8, 4) is 0 Å². The number of aromatic nitrogens is 4. The number of hydrogen-bond acceptors (Lipinski definition) is 6. The van der Waals surface area contributed by atoms with Gasteiger partial charge in [-0.15, -0.1) is 0 Å². The Balaban J connectivity index is 0.000000858. The summed E-state index contributed by atoms with van der Waals surface area (Å²) in [4.78, 5) is 38.8. The smallest absolute Gasteiger partial charge is 0.290 e. The molecule has 4 heterocycles. The summed E-state index contributed by atoms with van der Waals surface area (Å²) in [7, 11) is 2.05. The molecule has 2 amide bonds. The lowest BCUT2D eigenvalue weighted by Gasteiger charge is -2.53. The van der Waals surface area contributed by atoms with Crippen LogP contribution in [0.5, 0.6) is 0 Å². The highest BCUT2D eigenvalue weighted by Gasteiger charge is 2.53. The standard InChI is InChI=1S/C19H27N7O2.CH2O2/c1-24-12-6-19(18(28)20-9-13-25-10-3-7-22-25)5-2-11-26(16(19)14-24)17(27)15-4-8-21-23-15;2-1-3/h3-4,7-8,10,16H,2,5-6,9,11-14H2,1H3,(H,20,28)(H,21,23);1H,(H,2,3)/t16-,19+;/m0./s1. The van der Waals surface area contributed by atoms with E-state index in [-0.39, 0.29) is 24.3 Å². The van der Waals surface area contributed by atoms with Gasteiger partial charge in [-0.05, 0) is 45.0 Å². The van der Waals surface area contributed by atoms with Crippen LogP contribution in [-0.2, 0) is 16.1 Å². The maximum Gasteiger partial charge on any atom is 0.290 e. The predicted octanol–water partition coefficient (Wildman–Crippen LogP) is 0.0499. The van der Waals surface area contributed by atoms with E-state index in [1.54, 1.807) is 23.1 Å². The monoisotopic (exact) mass is 431 g/mol. The average Bonchev–Trinajstić information content (AvgIpc) is 3.48. The molecule has 0 aliphatic carbocycles. The van der Waals surface area contributed by atoms with Gasteiger partial charge in [0.15, 0.2) is 0 Å². The molecule has 0 aromatic carbocycles. The van der Waals surface area contributed by atoms with Gasteiger partial charge in [-0.25, -0.2) is 0 Å². The number of carbonyl (C=O) groups is 3. The van der Waals surface area contributed by atoms with Crippen LogP contribution in [0.3, 0.4) is 0 Å². The molecule has 2 aromatic rings. The molecule has 2 aliphatic rings. The Morgan fingerprint density at radius 2 is 2.16 bits per heavy atom. The largest absolute Gasteiger partial charge is 0.483 e. The summed E-state index contributed by atoms with van der Waals surface area (Å²) in [5.74, 6) is -0.0221. The molecule has 2 saturated heterocycles. The highest BCUT2D eigenvalue weighted by molar-refractivity contribution is 5.93. The number of likely N-dealkylation sites (N-methyl/N-ethyl adjacent to an activating group) is 1. The Bertz CT molecular complexity index is 855. The first-order valence-corrected chi connectivity index (χ1v) is 10.3. The third-order valence-corrected chi connectivity index (χ3v) is 6.09. The number of carboxylic acid groups (broad SMARTS) is 1. The molecule has 0 radical (unpaired) electrons. The lowest BCUT2D eigenvalue weighted by Crippen LogP contribution is -2.66. The van der Waals surface area contributed by atoms with Crippen LogP contribution in [0.1, 0.15) is 29.8 Å². The van der Waals surface area contributed by atoms with E-state index < -0.39 is 5.41 Å². The van der Waals surface area contributed by atoms with E-state index in [0.717, 1.165) is 25.8 Å². The highest BCUT2D eigenvalue weighted by atomic mass is 16.3. The third-order valence-electron chi connectivity index (χ3n) is 6.09. The second-order valence-corrected chi connectivity index (χ2v) is 7.89. The van der Waals surface area contributed by atoms with Crippen molar-refractivity contribution in [1.29, 1.82) is 0 Å². The van der Waals surface area contributed by atoms with Crippen LogP contribution in [0, 0.1) is 5.41 Å². The zero-order valence-electron chi connectivity index (χ0n) is 17.6. The number of likely N-dealkylation sites (tertiary alicyclic amines) is 2. The SMILES string of the molecule is CN1CC[C@]2(C(=O)NCCn3cccn3)CCCN(C(=O)c3ccn[nH]3)[C@H]2C1.O=CO. The van der Waals surface area contributed by atoms with Crippen molar-refractivity contribution in [3.05, 3.63) is 36.4 Å². The van der Waals surface area contributed by atoms with Crippen molar-refractivity contribution in [3.63, 3.8) is 0 Å². The van der Waals surface area contributed by atoms with Crippen molar-refractivity contribution in [2.75, 3.05) is 33.2 Å². The summed E-state index contributed by atoms with van der Waals surface area (Å²) in [6.45, 7) is 3.13. The van der Waals surface area contributed by atoms with Crippen LogP contribution >= 0.6 is 0 Å². The Morgan fingerprint density at radius 1 is 1.35 bits per heavy atom. The molecular formula is C20H29N7O4. The Morgan fingerprint density at radius 3 is 2.84 bits per heavy atom. The number of aromatic amines is 1. The van der Waals surface area contributed by atoms with Crippen LogP contribution in [0.25, 0.3) is 0 Å². The van der Waals surface area contributed by atoms with Crippen molar-refractivity contribution < 1.29 is 19.5 Å². The number of carbonyl (C=O) groups excluding carboxylic acids is 2. The van der Waals surface area contributed by atoms with Gasteiger partial charge in [0.1, 0.15) is 5.69 Å². The van der Waals surface area contributed by atoms with Gasteiger partial charge < -0.3 is 20.2 Å². The summed E-state index contributed by atoms with van der Waals surface area (Å²) >= 11 is 0. The number of fused-ring (bicyclic) bond motifs is 1. The summed E-state index contributed by atoms with van der Waals surface area (Å²) in [6.07, 6.45) is 7.59. The number of hydrogen-bond donors (Lipinski definition) is 3. The van der Waals surface area contributed by atoms with E-state index in [4.69, 9.17) is 9.90 Å². The minimum atomic E-state index is -0.537. The number of amides is 2. The number of piperidine rings is 2. The normalized spacial score (nSPS) is 23.3. The fourth-order valence-corrected chi connectivity index (χ4v) is 4.57. The first-order chi connectivity index (χ1) is 15.0. The first-order valence-electron chi connectivity index (χ1n) is 10.3. The highest BCUT2D eigenvalue weighted by Crippen LogP contribution is 2.43. The van der Waals surface area contributed by atoms with Crippen LogP contribution in [0.15, 0.2) is 30.7 Å².